The number of aliphatic hydroxyl groups excluding tert-OH is 1. The van der Waals surface area contributed by atoms with Crippen LogP contribution < -0.4 is 0 Å². The quantitative estimate of drug-likeness (QED) is 0.320. The van der Waals surface area contributed by atoms with E-state index < -0.39 is 26.2 Å². The third kappa shape index (κ3) is 9.74. The second-order valence-corrected chi connectivity index (χ2v) is 6.97. The molecule has 0 fully saturated rings. The summed E-state index contributed by atoms with van der Waals surface area (Å²) in [5.74, 6) is -2.74. The van der Waals surface area contributed by atoms with Gasteiger partial charge in [0, 0.05) is 13.0 Å². The van der Waals surface area contributed by atoms with E-state index in [-0.39, 0.29) is 19.4 Å². The highest BCUT2D eigenvalue weighted by Crippen LogP contribution is 2.22. The van der Waals surface area contributed by atoms with E-state index in [1.165, 1.54) is 0 Å². The van der Waals surface area contributed by atoms with Gasteiger partial charge < -0.3 is 10.2 Å². The first-order valence-corrected chi connectivity index (χ1v) is 8.75. The van der Waals surface area contributed by atoms with Crippen LogP contribution in [0.1, 0.15) is 25.7 Å². The molecular weight excluding hydrogens is 288 g/mol. The summed E-state index contributed by atoms with van der Waals surface area (Å²) in [6.07, 6.45) is 2.09. The maximum absolute atomic E-state index is 10.9. The van der Waals surface area contributed by atoms with Gasteiger partial charge in [0.25, 0.3) is 20.2 Å². The summed E-state index contributed by atoms with van der Waals surface area (Å²) in [5, 5.41) is 18.3. The van der Waals surface area contributed by atoms with Gasteiger partial charge in [0.1, 0.15) is 0 Å². The molecule has 0 aromatic heterocycles. The molecule has 110 valence electrons. The minimum Gasteiger partial charge on any atom is -0.396 e. The summed E-state index contributed by atoms with van der Waals surface area (Å²) in [5.41, 5.74) is 0. The second kappa shape index (κ2) is 6.78. The van der Waals surface area contributed by atoms with Crippen molar-refractivity contribution < 1.29 is 35.4 Å². The lowest BCUT2D eigenvalue weighted by Gasteiger charge is -2.24. The number of rotatable bonds is 9. The molecule has 0 aromatic carbocycles. The van der Waals surface area contributed by atoms with Crippen LogP contribution in [0.5, 0.6) is 0 Å². The normalized spacial score (nSPS) is 13.8. The lowest BCUT2D eigenvalue weighted by atomic mass is 10.2. The summed E-state index contributed by atoms with van der Waals surface area (Å²) in [4.78, 5) is 0. The Labute approximate surface area is 107 Å². The molecule has 0 bridgehead atoms. The number of hydrogen-bond donors (Lipinski definition) is 2. The fourth-order valence-electron chi connectivity index (χ4n) is 1.21. The molecule has 0 amide bonds. The van der Waals surface area contributed by atoms with Gasteiger partial charge in [-0.15, -0.1) is 0 Å². The molecule has 0 aliphatic rings. The van der Waals surface area contributed by atoms with Crippen molar-refractivity contribution in [3.8, 4) is 0 Å². The van der Waals surface area contributed by atoms with Crippen molar-refractivity contribution in [3.05, 3.63) is 0 Å². The molecule has 8 nitrogen and oxygen atoms in total. The van der Waals surface area contributed by atoms with Crippen LogP contribution in [-0.4, -0.2) is 52.1 Å². The first-order valence-electron chi connectivity index (χ1n) is 5.12. The average Bonchev–Trinajstić information content (AvgIpc) is 2.05. The summed E-state index contributed by atoms with van der Waals surface area (Å²) in [6.45, 7) is -0.0572. The lowest BCUT2D eigenvalue weighted by molar-refractivity contribution is -0.271. The van der Waals surface area contributed by atoms with Gasteiger partial charge in [-0.3, -0.25) is 0 Å². The van der Waals surface area contributed by atoms with Crippen molar-refractivity contribution in [2.45, 2.75) is 31.7 Å². The molecule has 18 heavy (non-hydrogen) atoms. The Bertz CT molecular complexity index is 404. The van der Waals surface area contributed by atoms with Gasteiger partial charge in [0.05, 0.1) is 12.5 Å². The van der Waals surface area contributed by atoms with Gasteiger partial charge in [-0.25, -0.2) is 8.37 Å². The summed E-state index contributed by atoms with van der Waals surface area (Å²) in [6, 6.07) is 0. The van der Waals surface area contributed by atoms with E-state index in [2.05, 4.69) is 8.37 Å². The second-order valence-electron chi connectivity index (χ2n) is 3.82. The molecule has 10 heteroatoms. The Morgan fingerprint density at radius 2 is 1.39 bits per heavy atom. The Kier molecular flexibility index (Phi) is 6.68. The van der Waals surface area contributed by atoms with Gasteiger partial charge in [0.15, 0.2) is 0 Å². The average molecular weight is 306 g/mol. The third-order valence-electron chi connectivity index (χ3n) is 1.71. The van der Waals surface area contributed by atoms with E-state index in [1.54, 1.807) is 0 Å². The number of hydrogen-bond acceptors (Lipinski definition) is 8. The van der Waals surface area contributed by atoms with Crippen LogP contribution in [0.4, 0.5) is 0 Å². The predicted molar refractivity (Wildman–Crippen MR) is 62.4 cm³/mol. The van der Waals surface area contributed by atoms with Crippen LogP contribution in [0.25, 0.3) is 0 Å². The van der Waals surface area contributed by atoms with Crippen molar-refractivity contribution >= 4 is 20.2 Å². The van der Waals surface area contributed by atoms with Gasteiger partial charge in [-0.05, 0) is 12.8 Å². The molecular formula is C8H18O8S2. The first kappa shape index (κ1) is 17.7. The highest BCUT2D eigenvalue weighted by molar-refractivity contribution is 7.86. The molecule has 0 spiro atoms. The smallest absolute Gasteiger partial charge is 0.310 e. The molecule has 0 aromatic rings. The minimum absolute atomic E-state index is 0.0572. The Balaban J connectivity index is 4.70. The van der Waals surface area contributed by atoms with Crippen LogP contribution in [0, 0.1) is 0 Å². The van der Waals surface area contributed by atoms with Crippen molar-refractivity contribution in [3.63, 3.8) is 0 Å². The highest BCUT2D eigenvalue weighted by Gasteiger charge is 2.37. The van der Waals surface area contributed by atoms with Gasteiger partial charge in [0.2, 0.25) is 0 Å². The van der Waals surface area contributed by atoms with Crippen LogP contribution in [0.15, 0.2) is 0 Å². The molecule has 0 radical (unpaired) electrons. The van der Waals surface area contributed by atoms with E-state index in [4.69, 9.17) is 5.11 Å². The van der Waals surface area contributed by atoms with E-state index in [1.807, 2.05) is 0 Å². The maximum atomic E-state index is 10.9. The Hall–Kier alpha value is -0.260. The van der Waals surface area contributed by atoms with Gasteiger partial charge in [-0.1, -0.05) is 6.42 Å². The Morgan fingerprint density at radius 3 is 1.72 bits per heavy atom. The predicted octanol–water partition coefficient (Wildman–Crippen LogP) is -0.862. The molecule has 0 saturated heterocycles. The molecule has 0 unspecified atom stereocenters. The standard InChI is InChI=1S/C8H18O8S2/c1-17(11,12)15-8(10,16-18(2,13)14)6-4-3-5-7-9/h9-10H,3-7H2,1-2H3. The molecule has 0 aliphatic heterocycles. The van der Waals surface area contributed by atoms with E-state index >= 15 is 0 Å². The van der Waals surface area contributed by atoms with E-state index in [0.717, 1.165) is 0 Å². The Morgan fingerprint density at radius 1 is 0.944 bits per heavy atom. The number of unbranched alkanes of at least 4 members (excludes halogenated alkanes) is 2. The third-order valence-corrected chi connectivity index (χ3v) is 2.84. The zero-order valence-corrected chi connectivity index (χ0v) is 11.8. The largest absolute Gasteiger partial charge is 0.396 e. The van der Waals surface area contributed by atoms with Gasteiger partial charge in [-0.2, -0.15) is 16.8 Å². The topological polar surface area (TPSA) is 127 Å². The van der Waals surface area contributed by atoms with Crippen LogP contribution in [-0.2, 0) is 28.6 Å². The zero-order valence-electron chi connectivity index (χ0n) is 10.2. The molecule has 0 aliphatic carbocycles. The fourth-order valence-corrected chi connectivity index (χ4v) is 2.43. The monoisotopic (exact) mass is 306 g/mol. The summed E-state index contributed by atoms with van der Waals surface area (Å²) in [7, 11) is -8.17. The molecule has 0 heterocycles. The highest BCUT2D eigenvalue weighted by atomic mass is 32.2. The first-order chi connectivity index (χ1) is 7.97. The maximum Gasteiger partial charge on any atom is 0.310 e. The van der Waals surface area contributed by atoms with Crippen molar-refractivity contribution in [2.75, 3.05) is 19.1 Å². The summed E-state index contributed by atoms with van der Waals surface area (Å²) < 4.78 is 52.2. The fraction of sp³-hybridized carbons (Fsp3) is 1.00. The molecule has 2 N–H and O–H groups in total. The van der Waals surface area contributed by atoms with Crippen LogP contribution in [0.3, 0.4) is 0 Å². The van der Waals surface area contributed by atoms with Crippen molar-refractivity contribution in [1.29, 1.82) is 0 Å². The van der Waals surface area contributed by atoms with Crippen molar-refractivity contribution in [2.24, 2.45) is 0 Å². The van der Waals surface area contributed by atoms with Crippen LogP contribution in [0.2, 0.25) is 0 Å². The SMILES string of the molecule is CS(=O)(=O)OC(O)(CCCCCO)OS(C)(=O)=O. The molecule has 0 atom stereocenters. The zero-order chi connectivity index (χ0) is 14.4. The molecule has 0 saturated carbocycles. The summed E-state index contributed by atoms with van der Waals surface area (Å²) >= 11 is 0. The lowest BCUT2D eigenvalue weighted by Crippen LogP contribution is -2.39. The molecule has 0 rings (SSSR count). The number of aliphatic hydroxyl groups is 2. The van der Waals surface area contributed by atoms with E-state index in [9.17, 15) is 21.9 Å². The van der Waals surface area contributed by atoms with Crippen LogP contribution >= 0.6 is 0 Å². The van der Waals surface area contributed by atoms with Crippen molar-refractivity contribution in [1.82, 2.24) is 0 Å². The van der Waals surface area contributed by atoms with E-state index in [0.29, 0.717) is 25.4 Å². The minimum atomic E-state index is -4.09. The van der Waals surface area contributed by atoms with Gasteiger partial charge >= 0.3 is 5.97 Å².